The number of nitrogens with zero attached hydrogens (tertiary/aromatic N) is 1. The average Bonchev–Trinajstić information content (AvgIpc) is 2.30. The molecule has 1 amide bonds. The van der Waals surface area contributed by atoms with E-state index in [-0.39, 0.29) is 12.1 Å². The third-order valence-corrected chi connectivity index (χ3v) is 2.43. The average molecular weight is 234 g/mol. The molecule has 0 radical (unpaired) electrons. The fraction of sp³-hybridized carbons (Fsp3) is 0.385. The number of halogens is 1. The minimum Gasteiger partial charge on any atom is -0.350 e. The Kier molecular flexibility index (Phi) is 3.84. The van der Waals surface area contributed by atoms with Crippen molar-refractivity contribution in [3.63, 3.8) is 0 Å². The van der Waals surface area contributed by atoms with Crippen molar-refractivity contribution in [2.45, 2.75) is 20.8 Å². The van der Waals surface area contributed by atoms with E-state index in [0.29, 0.717) is 5.56 Å². The summed E-state index contributed by atoms with van der Waals surface area (Å²) in [6.07, 6.45) is 0. The number of carbonyl (C=O) groups is 1. The van der Waals surface area contributed by atoms with Crippen molar-refractivity contribution in [1.29, 1.82) is 5.26 Å². The van der Waals surface area contributed by atoms with Crippen molar-refractivity contribution in [2.75, 3.05) is 6.54 Å². The highest BCUT2D eigenvalue weighted by Crippen LogP contribution is 2.14. The maximum Gasteiger partial charge on any atom is 0.254 e. The summed E-state index contributed by atoms with van der Waals surface area (Å²) in [5.41, 5.74) is -0.216. The Hall–Kier alpha value is -1.89. The van der Waals surface area contributed by atoms with E-state index in [0.717, 1.165) is 0 Å². The Morgan fingerprint density at radius 2 is 2.18 bits per heavy atom. The van der Waals surface area contributed by atoms with Crippen LogP contribution in [0.3, 0.4) is 0 Å². The van der Waals surface area contributed by atoms with Gasteiger partial charge in [0.15, 0.2) is 0 Å². The highest BCUT2D eigenvalue weighted by atomic mass is 19.1. The Labute approximate surface area is 100 Å². The van der Waals surface area contributed by atoms with Crippen molar-refractivity contribution >= 4 is 5.91 Å². The Morgan fingerprint density at radius 3 is 2.76 bits per heavy atom. The number of nitrogens with one attached hydrogen (secondary N) is 1. The molecule has 0 spiro atoms. The molecular formula is C13H15FN2O. The number of carbonyl (C=O) groups excluding carboxylic acids is 1. The summed E-state index contributed by atoms with van der Waals surface area (Å²) in [5, 5.41) is 11.4. The number of benzene rings is 1. The second-order valence-electron chi connectivity index (χ2n) is 4.61. The molecule has 0 fully saturated rings. The fourth-order valence-corrected chi connectivity index (χ4v) is 1.26. The maximum atomic E-state index is 13.6. The summed E-state index contributed by atoms with van der Waals surface area (Å²) < 4.78 is 13.6. The Balaban J connectivity index is 2.79. The van der Waals surface area contributed by atoms with Crippen LogP contribution in [0.25, 0.3) is 0 Å². The highest BCUT2D eigenvalue weighted by Gasteiger charge is 2.19. The summed E-state index contributed by atoms with van der Waals surface area (Å²) >= 11 is 0. The van der Waals surface area contributed by atoms with Crippen molar-refractivity contribution < 1.29 is 9.18 Å². The van der Waals surface area contributed by atoms with Crippen molar-refractivity contribution in [3.8, 4) is 6.07 Å². The zero-order valence-corrected chi connectivity index (χ0v) is 10.2. The van der Waals surface area contributed by atoms with Gasteiger partial charge in [0.2, 0.25) is 0 Å². The van der Waals surface area contributed by atoms with Gasteiger partial charge in [0.05, 0.1) is 17.0 Å². The van der Waals surface area contributed by atoms with Crippen LogP contribution < -0.4 is 5.32 Å². The number of aryl methyl sites for hydroxylation is 1. The van der Waals surface area contributed by atoms with Crippen LogP contribution in [0.4, 0.5) is 4.39 Å². The Bertz CT molecular complexity index is 475. The smallest absolute Gasteiger partial charge is 0.254 e. The predicted octanol–water partition coefficient (Wildman–Crippen LogP) is 2.41. The summed E-state index contributed by atoms with van der Waals surface area (Å²) in [6, 6.07) is 6.72. The molecule has 17 heavy (non-hydrogen) atoms. The van der Waals surface area contributed by atoms with E-state index in [1.165, 1.54) is 6.07 Å². The van der Waals surface area contributed by atoms with E-state index in [1.54, 1.807) is 32.9 Å². The first-order valence-electron chi connectivity index (χ1n) is 5.32. The van der Waals surface area contributed by atoms with Gasteiger partial charge in [-0.15, -0.1) is 0 Å². The lowest BCUT2D eigenvalue weighted by molar-refractivity contribution is 0.0939. The molecule has 0 aliphatic carbocycles. The molecule has 1 N–H and O–H groups in total. The van der Waals surface area contributed by atoms with E-state index in [4.69, 9.17) is 5.26 Å². The summed E-state index contributed by atoms with van der Waals surface area (Å²) in [4.78, 5) is 11.7. The van der Waals surface area contributed by atoms with Gasteiger partial charge in [-0.2, -0.15) is 5.26 Å². The van der Waals surface area contributed by atoms with E-state index < -0.39 is 17.1 Å². The molecule has 0 bridgehead atoms. The molecular weight excluding hydrogens is 219 g/mol. The second-order valence-corrected chi connectivity index (χ2v) is 4.61. The standard InChI is InChI=1S/C13H15FN2O/c1-9-5-4-6-10(11(9)14)12(17)16-8-13(2,3)7-15/h4-6H,8H2,1-3H3,(H,16,17). The molecule has 1 rings (SSSR count). The summed E-state index contributed by atoms with van der Waals surface area (Å²) in [6.45, 7) is 5.21. The molecule has 0 saturated heterocycles. The zero-order valence-electron chi connectivity index (χ0n) is 10.2. The predicted molar refractivity (Wildman–Crippen MR) is 62.9 cm³/mol. The van der Waals surface area contributed by atoms with Crippen LogP contribution in [0.15, 0.2) is 18.2 Å². The van der Waals surface area contributed by atoms with E-state index >= 15 is 0 Å². The molecule has 90 valence electrons. The van der Waals surface area contributed by atoms with Crippen LogP contribution in [0.5, 0.6) is 0 Å². The van der Waals surface area contributed by atoms with Gasteiger partial charge >= 0.3 is 0 Å². The monoisotopic (exact) mass is 234 g/mol. The van der Waals surface area contributed by atoms with Gasteiger partial charge in [-0.25, -0.2) is 4.39 Å². The van der Waals surface area contributed by atoms with Crippen molar-refractivity contribution in [3.05, 3.63) is 35.1 Å². The van der Waals surface area contributed by atoms with Crippen LogP contribution >= 0.6 is 0 Å². The molecule has 0 aromatic heterocycles. The van der Waals surface area contributed by atoms with Crippen LogP contribution in [0.1, 0.15) is 29.8 Å². The first kappa shape index (κ1) is 13.2. The zero-order chi connectivity index (χ0) is 13.1. The van der Waals surface area contributed by atoms with Gasteiger partial charge in [-0.1, -0.05) is 12.1 Å². The molecule has 0 unspecified atom stereocenters. The van der Waals surface area contributed by atoms with Gasteiger partial charge in [-0.3, -0.25) is 4.79 Å². The largest absolute Gasteiger partial charge is 0.350 e. The van der Waals surface area contributed by atoms with Gasteiger partial charge in [-0.05, 0) is 32.4 Å². The minimum absolute atomic E-state index is 0.0127. The maximum absolute atomic E-state index is 13.6. The van der Waals surface area contributed by atoms with Crippen LogP contribution in [-0.4, -0.2) is 12.5 Å². The number of rotatable bonds is 3. The van der Waals surface area contributed by atoms with Crippen LogP contribution in [0.2, 0.25) is 0 Å². The highest BCUT2D eigenvalue weighted by molar-refractivity contribution is 5.94. The lowest BCUT2D eigenvalue weighted by atomic mass is 9.96. The molecule has 4 heteroatoms. The first-order valence-corrected chi connectivity index (χ1v) is 5.32. The van der Waals surface area contributed by atoms with Crippen LogP contribution in [-0.2, 0) is 0 Å². The van der Waals surface area contributed by atoms with Crippen molar-refractivity contribution in [1.82, 2.24) is 5.32 Å². The molecule has 0 heterocycles. The number of amides is 1. The van der Waals surface area contributed by atoms with Crippen molar-refractivity contribution in [2.24, 2.45) is 5.41 Å². The first-order chi connectivity index (χ1) is 7.87. The number of hydrogen-bond acceptors (Lipinski definition) is 2. The number of nitriles is 1. The van der Waals surface area contributed by atoms with E-state index in [9.17, 15) is 9.18 Å². The molecule has 1 aromatic rings. The fourth-order valence-electron chi connectivity index (χ4n) is 1.26. The molecule has 0 aliphatic rings. The van der Waals surface area contributed by atoms with Gasteiger partial charge < -0.3 is 5.32 Å². The van der Waals surface area contributed by atoms with E-state index in [1.807, 2.05) is 0 Å². The SMILES string of the molecule is Cc1cccc(C(=O)NCC(C)(C)C#N)c1F. The molecule has 3 nitrogen and oxygen atoms in total. The van der Waals surface area contributed by atoms with Crippen LogP contribution in [0, 0.1) is 29.5 Å². The molecule has 0 atom stereocenters. The van der Waals surface area contributed by atoms with Gasteiger partial charge in [0, 0.05) is 6.54 Å². The third kappa shape index (κ3) is 3.28. The molecule has 1 aromatic carbocycles. The lowest BCUT2D eigenvalue weighted by Gasteiger charge is -2.16. The second kappa shape index (κ2) is 4.96. The molecule has 0 saturated carbocycles. The lowest BCUT2D eigenvalue weighted by Crippen LogP contribution is -2.33. The number of hydrogen-bond donors (Lipinski definition) is 1. The summed E-state index contributed by atoms with van der Waals surface area (Å²) in [7, 11) is 0. The van der Waals surface area contributed by atoms with Gasteiger partial charge in [0.25, 0.3) is 5.91 Å². The summed E-state index contributed by atoms with van der Waals surface area (Å²) in [5.74, 6) is -1.01. The molecule has 0 aliphatic heterocycles. The topological polar surface area (TPSA) is 52.9 Å². The Morgan fingerprint density at radius 1 is 1.53 bits per heavy atom. The quantitative estimate of drug-likeness (QED) is 0.873. The van der Waals surface area contributed by atoms with E-state index in [2.05, 4.69) is 11.4 Å². The minimum atomic E-state index is -0.657. The third-order valence-electron chi connectivity index (χ3n) is 2.43. The van der Waals surface area contributed by atoms with Gasteiger partial charge in [0.1, 0.15) is 5.82 Å². The normalized spacial score (nSPS) is 10.8.